The fourth-order valence-electron chi connectivity index (χ4n) is 5.12. The fraction of sp³-hybridized carbons (Fsp3) is 0.480. The molecule has 2 aromatic carbocycles. The van der Waals surface area contributed by atoms with Crippen LogP contribution in [-0.4, -0.2) is 40.5 Å². The first kappa shape index (κ1) is 22.4. The van der Waals surface area contributed by atoms with Crippen molar-refractivity contribution in [3.63, 3.8) is 0 Å². The van der Waals surface area contributed by atoms with Crippen molar-refractivity contribution < 1.29 is 4.79 Å². The van der Waals surface area contributed by atoms with Crippen molar-refractivity contribution in [2.24, 2.45) is 0 Å². The average molecular weight is 460 g/mol. The highest BCUT2D eigenvalue weighted by molar-refractivity contribution is 6.42. The van der Waals surface area contributed by atoms with E-state index in [0.717, 1.165) is 18.4 Å². The maximum absolute atomic E-state index is 13.4. The lowest BCUT2D eigenvalue weighted by atomic mass is 9.95. The lowest BCUT2D eigenvalue weighted by Crippen LogP contribution is -2.52. The molecular weight excluding hydrogens is 429 g/mol. The summed E-state index contributed by atoms with van der Waals surface area (Å²) in [6.07, 6.45) is 7.06. The highest BCUT2D eigenvalue weighted by atomic mass is 35.5. The second kappa shape index (κ2) is 10.2. The van der Waals surface area contributed by atoms with E-state index in [1.807, 2.05) is 23.1 Å². The minimum atomic E-state index is -0.0753. The molecule has 2 aliphatic rings. The Balaban J connectivity index is 1.52. The first-order chi connectivity index (χ1) is 15.0. The molecule has 31 heavy (non-hydrogen) atoms. The number of halogens is 2. The molecule has 0 radical (unpaired) electrons. The number of hydrogen-bond donors (Lipinski definition) is 1. The Hall–Kier alpha value is -1.75. The number of benzene rings is 2. The molecule has 2 bridgehead atoms. The molecule has 166 valence electrons. The third-order valence-corrected chi connectivity index (χ3v) is 7.44. The molecule has 2 heterocycles. The number of amides is 2. The van der Waals surface area contributed by atoms with E-state index in [0.29, 0.717) is 34.4 Å². The fourth-order valence-corrected chi connectivity index (χ4v) is 5.42. The SMILES string of the molecule is CCCCN1C2CCC1CC(N(Cc1ccccc1)C(=O)Nc1ccc(Cl)c(Cl)c1)C2. The van der Waals surface area contributed by atoms with Gasteiger partial charge in [-0.1, -0.05) is 66.9 Å². The number of carbonyl (C=O) groups excluding carboxylic acids is 1. The highest BCUT2D eigenvalue weighted by Crippen LogP contribution is 2.38. The summed E-state index contributed by atoms with van der Waals surface area (Å²) in [5.41, 5.74) is 1.81. The summed E-state index contributed by atoms with van der Waals surface area (Å²) in [5.74, 6) is 0. The van der Waals surface area contributed by atoms with Crippen LogP contribution in [0, 0.1) is 0 Å². The van der Waals surface area contributed by atoms with E-state index in [4.69, 9.17) is 23.2 Å². The molecule has 2 unspecified atom stereocenters. The minimum absolute atomic E-state index is 0.0753. The molecule has 4 nitrogen and oxygen atoms in total. The number of unbranched alkanes of at least 4 members (excludes halogenated alkanes) is 1. The van der Waals surface area contributed by atoms with E-state index in [1.54, 1.807) is 18.2 Å². The first-order valence-corrected chi connectivity index (χ1v) is 12.1. The normalized spacial score (nSPS) is 23.0. The van der Waals surface area contributed by atoms with Gasteiger partial charge in [-0.05, 0) is 62.4 Å². The van der Waals surface area contributed by atoms with Crippen molar-refractivity contribution >= 4 is 34.9 Å². The molecule has 2 atom stereocenters. The van der Waals surface area contributed by atoms with Gasteiger partial charge in [0.15, 0.2) is 0 Å². The minimum Gasteiger partial charge on any atom is -0.317 e. The number of nitrogens with zero attached hydrogens (tertiary/aromatic N) is 2. The standard InChI is InChI=1S/C25H31Cl2N3O/c1-2-3-13-29-20-10-11-21(29)16-22(15-20)30(17-18-7-5-4-6-8-18)25(31)28-19-9-12-23(26)24(27)14-19/h4-9,12,14,20-22H,2-3,10-11,13,15-17H2,1H3,(H,28,31). The molecular formula is C25H31Cl2N3O. The Bertz CT molecular complexity index is 878. The quantitative estimate of drug-likeness (QED) is 0.492. The van der Waals surface area contributed by atoms with Gasteiger partial charge < -0.3 is 10.2 Å². The van der Waals surface area contributed by atoms with Gasteiger partial charge in [-0.25, -0.2) is 4.79 Å². The molecule has 2 aromatic rings. The van der Waals surface area contributed by atoms with Gasteiger partial charge in [0, 0.05) is 30.4 Å². The van der Waals surface area contributed by atoms with Gasteiger partial charge in [0.1, 0.15) is 0 Å². The molecule has 0 aromatic heterocycles. The van der Waals surface area contributed by atoms with E-state index in [2.05, 4.69) is 29.3 Å². The van der Waals surface area contributed by atoms with E-state index >= 15 is 0 Å². The lowest BCUT2D eigenvalue weighted by molar-refractivity contribution is 0.0719. The van der Waals surface area contributed by atoms with Gasteiger partial charge in [-0.15, -0.1) is 0 Å². The van der Waals surface area contributed by atoms with Crippen LogP contribution in [0.15, 0.2) is 48.5 Å². The van der Waals surface area contributed by atoms with Crippen LogP contribution in [-0.2, 0) is 6.54 Å². The smallest absolute Gasteiger partial charge is 0.317 e. The van der Waals surface area contributed by atoms with Crippen LogP contribution in [0.1, 0.15) is 51.0 Å². The molecule has 6 heteroatoms. The van der Waals surface area contributed by atoms with Gasteiger partial charge in [0.05, 0.1) is 10.0 Å². The maximum atomic E-state index is 13.4. The third kappa shape index (κ3) is 5.36. The zero-order valence-electron chi connectivity index (χ0n) is 18.1. The first-order valence-electron chi connectivity index (χ1n) is 11.4. The third-order valence-electron chi connectivity index (χ3n) is 6.70. The van der Waals surface area contributed by atoms with Gasteiger partial charge >= 0.3 is 6.03 Å². The molecule has 4 rings (SSSR count). The van der Waals surface area contributed by atoms with Crippen LogP contribution < -0.4 is 5.32 Å². The highest BCUT2D eigenvalue weighted by Gasteiger charge is 2.43. The summed E-state index contributed by atoms with van der Waals surface area (Å²) in [4.78, 5) is 18.2. The predicted octanol–water partition coefficient (Wildman–Crippen LogP) is 6.82. The Morgan fingerprint density at radius 1 is 1.06 bits per heavy atom. The summed E-state index contributed by atoms with van der Waals surface area (Å²) in [6.45, 7) is 4.05. The molecule has 0 aliphatic carbocycles. The largest absolute Gasteiger partial charge is 0.322 e. The monoisotopic (exact) mass is 459 g/mol. The zero-order valence-corrected chi connectivity index (χ0v) is 19.6. The number of rotatable bonds is 7. The number of urea groups is 1. The molecule has 1 N–H and O–H groups in total. The lowest BCUT2D eigenvalue weighted by Gasteiger charge is -2.43. The summed E-state index contributed by atoms with van der Waals surface area (Å²) >= 11 is 12.2. The second-order valence-corrected chi connectivity index (χ2v) is 9.59. The van der Waals surface area contributed by atoms with Crippen molar-refractivity contribution in [1.82, 2.24) is 9.80 Å². The number of piperidine rings is 1. The van der Waals surface area contributed by atoms with Crippen molar-refractivity contribution in [1.29, 1.82) is 0 Å². The van der Waals surface area contributed by atoms with E-state index < -0.39 is 0 Å². The van der Waals surface area contributed by atoms with Gasteiger partial charge in [0.2, 0.25) is 0 Å². The van der Waals surface area contributed by atoms with Gasteiger partial charge in [-0.2, -0.15) is 0 Å². The van der Waals surface area contributed by atoms with Gasteiger partial charge in [0.25, 0.3) is 0 Å². The number of nitrogens with one attached hydrogen (secondary N) is 1. The van der Waals surface area contributed by atoms with Crippen molar-refractivity contribution in [2.45, 2.75) is 70.1 Å². The van der Waals surface area contributed by atoms with Crippen LogP contribution in [0.3, 0.4) is 0 Å². The predicted molar refractivity (Wildman–Crippen MR) is 129 cm³/mol. The van der Waals surface area contributed by atoms with E-state index in [1.165, 1.54) is 32.2 Å². The number of hydrogen-bond acceptors (Lipinski definition) is 2. The van der Waals surface area contributed by atoms with Crippen LogP contribution in [0.4, 0.5) is 10.5 Å². The average Bonchev–Trinajstić information content (AvgIpc) is 3.00. The van der Waals surface area contributed by atoms with Crippen molar-refractivity contribution in [3.05, 3.63) is 64.1 Å². The van der Waals surface area contributed by atoms with Crippen molar-refractivity contribution in [3.8, 4) is 0 Å². The van der Waals surface area contributed by atoms with Crippen LogP contribution in [0.2, 0.25) is 10.0 Å². The second-order valence-electron chi connectivity index (χ2n) is 8.77. The maximum Gasteiger partial charge on any atom is 0.322 e. The summed E-state index contributed by atoms with van der Waals surface area (Å²) in [6, 6.07) is 16.8. The Kier molecular flexibility index (Phi) is 7.42. The van der Waals surface area contributed by atoms with Crippen LogP contribution >= 0.6 is 23.2 Å². The van der Waals surface area contributed by atoms with Crippen LogP contribution in [0.5, 0.6) is 0 Å². The van der Waals surface area contributed by atoms with E-state index in [-0.39, 0.29) is 12.1 Å². The Labute approximate surface area is 195 Å². The van der Waals surface area contributed by atoms with Crippen molar-refractivity contribution in [2.75, 3.05) is 11.9 Å². The number of fused-ring (bicyclic) bond motifs is 2. The molecule has 0 saturated carbocycles. The summed E-state index contributed by atoms with van der Waals surface area (Å²) in [7, 11) is 0. The Morgan fingerprint density at radius 2 is 1.77 bits per heavy atom. The molecule has 2 fully saturated rings. The summed E-state index contributed by atoms with van der Waals surface area (Å²) < 4.78 is 0. The molecule has 2 amide bonds. The number of anilines is 1. The zero-order chi connectivity index (χ0) is 21.8. The number of carbonyl (C=O) groups is 1. The van der Waals surface area contributed by atoms with E-state index in [9.17, 15) is 4.79 Å². The van der Waals surface area contributed by atoms with Crippen LogP contribution in [0.25, 0.3) is 0 Å². The summed E-state index contributed by atoms with van der Waals surface area (Å²) in [5, 5.41) is 3.98. The molecule has 2 aliphatic heterocycles. The van der Waals surface area contributed by atoms with Gasteiger partial charge in [-0.3, -0.25) is 4.90 Å². The topological polar surface area (TPSA) is 35.6 Å². The molecule has 0 spiro atoms. The Morgan fingerprint density at radius 3 is 2.42 bits per heavy atom. The molecule has 2 saturated heterocycles.